The van der Waals surface area contributed by atoms with Gasteiger partial charge in [-0.2, -0.15) is 0 Å². The van der Waals surface area contributed by atoms with E-state index < -0.39 is 17.1 Å². The maximum absolute atomic E-state index is 11.0. The van der Waals surface area contributed by atoms with Gasteiger partial charge in [0.1, 0.15) is 0 Å². The van der Waals surface area contributed by atoms with Crippen molar-refractivity contribution in [3.8, 4) is 0 Å². The summed E-state index contributed by atoms with van der Waals surface area (Å²) in [5.41, 5.74) is 3.27. The van der Waals surface area contributed by atoms with Crippen LogP contribution >= 0.6 is 11.0 Å². The Morgan fingerprint density at radius 2 is 1.60 bits per heavy atom. The zero-order valence-corrected chi connectivity index (χ0v) is 15.3. The Labute approximate surface area is 150 Å². The minimum atomic E-state index is -3.24. The van der Waals surface area contributed by atoms with Crippen molar-refractivity contribution >= 4 is 28.0 Å². The Morgan fingerprint density at radius 3 is 2.24 bits per heavy atom. The molecule has 0 fully saturated rings. The highest BCUT2D eigenvalue weighted by molar-refractivity contribution is 8.27. The van der Waals surface area contributed by atoms with Crippen LogP contribution < -0.4 is 13.9 Å². The molecule has 0 bridgehead atoms. The lowest BCUT2D eigenvalue weighted by molar-refractivity contribution is 0.167. The van der Waals surface area contributed by atoms with Crippen LogP contribution in [-0.4, -0.2) is 40.5 Å². The highest BCUT2D eigenvalue weighted by Gasteiger charge is 2.41. The van der Waals surface area contributed by atoms with Crippen LogP contribution in [0.3, 0.4) is 0 Å². The molecule has 0 spiro atoms. The van der Waals surface area contributed by atoms with Crippen LogP contribution in [0.2, 0.25) is 0 Å². The number of fused-ring (bicyclic) bond motifs is 1. The standard InChI is InChI=1S/C18H25N3O3S/c1-14-7-3-4-8-16(14)21-18-10-6-5-9-17(18)20(25(21,23)24)12-11-15(22)13-19-2/h3-10,15,19,22-24H,11-13H2,1-2H3/t15-/m0/s1. The van der Waals surface area contributed by atoms with Crippen LogP contribution in [0.1, 0.15) is 12.0 Å². The fraction of sp³-hybridized carbons (Fsp3) is 0.333. The van der Waals surface area contributed by atoms with E-state index in [2.05, 4.69) is 5.32 Å². The van der Waals surface area contributed by atoms with Gasteiger partial charge in [-0.15, -0.1) is 0 Å². The molecule has 0 aromatic heterocycles. The van der Waals surface area contributed by atoms with E-state index in [-0.39, 0.29) is 0 Å². The number of hydrogen-bond donors (Lipinski definition) is 4. The number of nitrogens with one attached hydrogen (secondary N) is 1. The molecule has 1 atom stereocenters. The second-order valence-electron chi connectivity index (χ2n) is 6.16. The van der Waals surface area contributed by atoms with Gasteiger partial charge in [0, 0.05) is 13.1 Å². The molecule has 0 saturated carbocycles. The second-order valence-corrected chi connectivity index (χ2v) is 7.95. The van der Waals surface area contributed by atoms with E-state index in [4.69, 9.17) is 0 Å². The van der Waals surface area contributed by atoms with Crippen LogP contribution in [0.25, 0.3) is 0 Å². The molecule has 0 unspecified atom stereocenters. The number of anilines is 3. The van der Waals surface area contributed by atoms with Crippen LogP contribution in [0.5, 0.6) is 0 Å². The van der Waals surface area contributed by atoms with Crippen molar-refractivity contribution in [3.63, 3.8) is 0 Å². The number of benzene rings is 2. The normalized spacial score (nSPS) is 18.1. The number of para-hydroxylation sites is 3. The van der Waals surface area contributed by atoms with E-state index in [1.54, 1.807) is 15.7 Å². The van der Waals surface area contributed by atoms with Gasteiger partial charge in [0.05, 0.1) is 23.2 Å². The molecule has 0 radical (unpaired) electrons. The molecule has 1 aliphatic rings. The van der Waals surface area contributed by atoms with Crippen LogP contribution in [-0.2, 0) is 0 Å². The molecule has 7 heteroatoms. The van der Waals surface area contributed by atoms with Crippen molar-refractivity contribution in [2.24, 2.45) is 0 Å². The lowest BCUT2D eigenvalue weighted by Gasteiger charge is -2.44. The summed E-state index contributed by atoms with van der Waals surface area (Å²) in [5, 5.41) is 12.9. The molecule has 25 heavy (non-hydrogen) atoms. The van der Waals surface area contributed by atoms with E-state index >= 15 is 0 Å². The van der Waals surface area contributed by atoms with Crippen molar-refractivity contribution < 1.29 is 14.2 Å². The number of nitrogens with zero attached hydrogens (tertiary/aromatic N) is 2. The van der Waals surface area contributed by atoms with Gasteiger partial charge in [0.25, 0.3) is 0 Å². The van der Waals surface area contributed by atoms with Gasteiger partial charge in [-0.3, -0.25) is 13.4 Å². The molecule has 1 aliphatic heterocycles. The van der Waals surface area contributed by atoms with Crippen molar-refractivity contribution in [1.29, 1.82) is 0 Å². The highest BCUT2D eigenvalue weighted by atomic mass is 32.3. The Hall–Kier alpha value is -1.77. The first-order valence-electron chi connectivity index (χ1n) is 8.30. The molecule has 136 valence electrons. The predicted molar refractivity (Wildman–Crippen MR) is 105 cm³/mol. The summed E-state index contributed by atoms with van der Waals surface area (Å²) in [6, 6.07) is 15.2. The quantitative estimate of drug-likeness (QED) is 0.629. The number of aliphatic hydroxyl groups excluding tert-OH is 1. The van der Waals surface area contributed by atoms with Gasteiger partial charge in [0.15, 0.2) is 0 Å². The van der Waals surface area contributed by atoms with E-state index in [0.717, 1.165) is 22.6 Å². The lowest BCUT2D eigenvalue weighted by Crippen LogP contribution is -2.35. The monoisotopic (exact) mass is 363 g/mol. The first kappa shape index (κ1) is 18.0. The van der Waals surface area contributed by atoms with Gasteiger partial charge >= 0.3 is 0 Å². The van der Waals surface area contributed by atoms with E-state index in [1.807, 2.05) is 55.5 Å². The smallest absolute Gasteiger partial charge is 0.0896 e. The number of rotatable bonds is 6. The first-order valence-corrected chi connectivity index (χ1v) is 9.76. The average molecular weight is 363 g/mol. The largest absolute Gasteiger partial charge is 0.392 e. The molecule has 2 aromatic rings. The maximum Gasteiger partial charge on any atom is 0.0896 e. The zero-order valence-electron chi connectivity index (χ0n) is 14.5. The van der Waals surface area contributed by atoms with Crippen LogP contribution in [0, 0.1) is 6.92 Å². The van der Waals surface area contributed by atoms with Crippen molar-refractivity contribution in [2.45, 2.75) is 19.4 Å². The third-order valence-electron chi connectivity index (χ3n) is 4.35. The predicted octanol–water partition coefficient (Wildman–Crippen LogP) is 3.50. The fourth-order valence-electron chi connectivity index (χ4n) is 3.11. The molecule has 2 aromatic carbocycles. The maximum atomic E-state index is 11.0. The molecular weight excluding hydrogens is 338 g/mol. The average Bonchev–Trinajstić information content (AvgIpc) is 2.80. The minimum absolute atomic E-state index is 0.352. The third-order valence-corrected chi connectivity index (χ3v) is 6.20. The van der Waals surface area contributed by atoms with Crippen LogP contribution in [0.15, 0.2) is 48.5 Å². The molecular formula is C18H25N3O3S. The molecule has 3 rings (SSSR count). The Kier molecular flexibility index (Phi) is 5.21. The summed E-state index contributed by atoms with van der Waals surface area (Å²) in [7, 11) is -1.46. The van der Waals surface area contributed by atoms with Crippen molar-refractivity contribution in [2.75, 3.05) is 28.7 Å². The molecule has 6 nitrogen and oxygen atoms in total. The summed E-state index contributed by atoms with van der Waals surface area (Å²) in [6.45, 7) is 2.77. The summed E-state index contributed by atoms with van der Waals surface area (Å²) < 4.78 is 25.3. The minimum Gasteiger partial charge on any atom is -0.392 e. The molecule has 1 heterocycles. The van der Waals surface area contributed by atoms with Gasteiger partial charge in [-0.05, 0) is 55.1 Å². The Balaban J connectivity index is 1.97. The third kappa shape index (κ3) is 3.33. The SMILES string of the molecule is CNC[C@@H](O)CCN1c2ccccc2N(c2ccccc2C)S1(O)O. The summed E-state index contributed by atoms with van der Waals surface area (Å²) in [4.78, 5) is 0. The molecule has 0 saturated heterocycles. The Morgan fingerprint density at radius 1 is 1.00 bits per heavy atom. The first-order chi connectivity index (χ1) is 12.0. The summed E-state index contributed by atoms with van der Waals surface area (Å²) in [6.07, 6.45) is -0.105. The molecule has 4 N–H and O–H groups in total. The van der Waals surface area contributed by atoms with Crippen molar-refractivity contribution in [1.82, 2.24) is 5.32 Å². The van der Waals surface area contributed by atoms with Gasteiger partial charge in [0.2, 0.25) is 0 Å². The topological polar surface area (TPSA) is 79.2 Å². The summed E-state index contributed by atoms with van der Waals surface area (Å²) >= 11 is 0. The van der Waals surface area contributed by atoms with E-state index in [9.17, 15) is 14.2 Å². The fourth-order valence-corrected chi connectivity index (χ4v) is 4.96. The van der Waals surface area contributed by atoms with Gasteiger partial charge in [-0.1, -0.05) is 30.3 Å². The van der Waals surface area contributed by atoms with Gasteiger partial charge < -0.3 is 10.4 Å². The number of likely N-dealkylation sites (N-methyl/N-ethyl adjacent to an activating group) is 1. The van der Waals surface area contributed by atoms with E-state index in [1.165, 1.54) is 0 Å². The summed E-state index contributed by atoms with van der Waals surface area (Å²) in [5.74, 6) is 0. The molecule has 0 amide bonds. The highest BCUT2D eigenvalue weighted by Crippen LogP contribution is 2.64. The number of aryl methyl sites for hydroxylation is 1. The second kappa shape index (κ2) is 7.23. The Bertz CT molecular complexity index is 741. The molecule has 0 aliphatic carbocycles. The van der Waals surface area contributed by atoms with Crippen molar-refractivity contribution in [3.05, 3.63) is 54.1 Å². The van der Waals surface area contributed by atoms with Crippen LogP contribution in [0.4, 0.5) is 17.1 Å². The lowest BCUT2D eigenvalue weighted by atomic mass is 10.2. The zero-order chi connectivity index (χ0) is 18.0. The van der Waals surface area contributed by atoms with Gasteiger partial charge in [-0.25, -0.2) is 4.31 Å². The number of hydrogen-bond acceptors (Lipinski definition) is 6. The van der Waals surface area contributed by atoms with E-state index in [0.29, 0.717) is 19.5 Å². The number of aliphatic hydroxyl groups is 1.